The zero-order chi connectivity index (χ0) is 20.5. The molecule has 29 heavy (non-hydrogen) atoms. The van der Waals surface area contributed by atoms with Crippen LogP contribution in [0.3, 0.4) is 0 Å². The molecule has 1 aromatic carbocycles. The highest BCUT2D eigenvalue weighted by atomic mass is 16.5. The Hall–Kier alpha value is -1.93. The van der Waals surface area contributed by atoms with Gasteiger partial charge in [0.2, 0.25) is 5.88 Å². The fourth-order valence-electron chi connectivity index (χ4n) is 3.66. The first kappa shape index (κ1) is 21.8. The third-order valence-electron chi connectivity index (χ3n) is 5.02. The fourth-order valence-corrected chi connectivity index (χ4v) is 3.66. The summed E-state index contributed by atoms with van der Waals surface area (Å²) in [5.41, 5.74) is 2.97. The van der Waals surface area contributed by atoms with Gasteiger partial charge in [0.15, 0.2) is 0 Å². The minimum Gasteiger partial charge on any atom is -0.389 e. The van der Waals surface area contributed by atoms with Crippen LogP contribution in [0.15, 0.2) is 34.9 Å². The monoisotopic (exact) mass is 403 g/mol. The number of aliphatic hydroxyl groups is 1. The molecule has 0 aliphatic carbocycles. The Balaban J connectivity index is 1.86. The maximum Gasteiger partial charge on any atom is 0.232 e. The van der Waals surface area contributed by atoms with Gasteiger partial charge in [0.1, 0.15) is 5.69 Å². The molecule has 1 saturated heterocycles. The average molecular weight is 404 g/mol. The molecular weight excluding hydrogens is 370 g/mol. The van der Waals surface area contributed by atoms with E-state index in [1.54, 1.807) is 0 Å². The molecule has 0 spiro atoms. The third kappa shape index (κ3) is 6.02. The van der Waals surface area contributed by atoms with Crippen molar-refractivity contribution in [1.29, 1.82) is 0 Å². The maximum atomic E-state index is 10.4. The van der Waals surface area contributed by atoms with Gasteiger partial charge in [-0.1, -0.05) is 42.4 Å². The second-order valence-electron chi connectivity index (χ2n) is 7.33. The molecule has 1 atom stereocenters. The van der Waals surface area contributed by atoms with Gasteiger partial charge >= 0.3 is 0 Å². The number of aromatic nitrogens is 1. The maximum absolute atomic E-state index is 10.4. The van der Waals surface area contributed by atoms with Crippen LogP contribution in [0.5, 0.6) is 0 Å². The number of nitrogens with zero attached hydrogens (tertiary/aromatic N) is 3. The lowest BCUT2D eigenvalue weighted by Gasteiger charge is -2.29. The van der Waals surface area contributed by atoms with Gasteiger partial charge < -0.3 is 24.0 Å². The lowest BCUT2D eigenvalue weighted by molar-refractivity contribution is 0.0196. The minimum atomic E-state index is -0.520. The van der Waals surface area contributed by atoms with E-state index in [4.69, 9.17) is 14.0 Å². The number of anilines is 1. The summed E-state index contributed by atoms with van der Waals surface area (Å²) in [7, 11) is 0. The second kappa shape index (κ2) is 11.3. The quantitative estimate of drug-likeness (QED) is 0.619. The highest BCUT2D eigenvalue weighted by Gasteiger charge is 2.26. The van der Waals surface area contributed by atoms with E-state index >= 15 is 0 Å². The van der Waals surface area contributed by atoms with E-state index in [1.807, 2.05) is 25.1 Å². The normalized spacial score (nSPS) is 15.8. The van der Waals surface area contributed by atoms with Crippen LogP contribution >= 0.6 is 0 Å². The van der Waals surface area contributed by atoms with Crippen LogP contribution in [0, 0.1) is 0 Å². The molecule has 0 bridgehead atoms. The van der Waals surface area contributed by atoms with Gasteiger partial charge in [-0.15, -0.1) is 0 Å². The Kier molecular flexibility index (Phi) is 8.49. The zero-order valence-electron chi connectivity index (χ0n) is 17.5. The van der Waals surface area contributed by atoms with Crippen LogP contribution in [0.25, 0.3) is 11.3 Å². The Morgan fingerprint density at radius 3 is 2.66 bits per heavy atom. The Labute approximate surface area is 173 Å². The molecule has 1 fully saturated rings. The standard InChI is InChI=1S/C22H33N3O4/c1-3-10-24(15-19(26)17-27-4-2)16-20-21(18-8-6-5-7-9-18)23-29-22(20)25-11-13-28-14-12-25/h5-9,19,26H,3-4,10-17H2,1-2H3/t19-/m0/s1. The van der Waals surface area contributed by atoms with E-state index < -0.39 is 6.10 Å². The molecule has 1 aliphatic rings. The molecule has 0 radical (unpaired) electrons. The largest absolute Gasteiger partial charge is 0.389 e. The smallest absolute Gasteiger partial charge is 0.232 e. The third-order valence-corrected chi connectivity index (χ3v) is 5.02. The van der Waals surface area contributed by atoms with E-state index in [2.05, 4.69) is 34.0 Å². The van der Waals surface area contributed by atoms with Crippen molar-refractivity contribution in [3.63, 3.8) is 0 Å². The van der Waals surface area contributed by atoms with Gasteiger partial charge in [-0.05, 0) is 19.9 Å². The van der Waals surface area contributed by atoms with Gasteiger partial charge in [-0.25, -0.2) is 0 Å². The van der Waals surface area contributed by atoms with Crippen LogP contribution in [-0.4, -0.2) is 73.9 Å². The molecule has 0 saturated carbocycles. The summed E-state index contributed by atoms with van der Waals surface area (Å²) in [6, 6.07) is 10.1. The predicted molar refractivity (Wildman–Crippen MR) is 113 cm³/mol. The van der Waals surface area contributed by atoms with Crippen LogP contribution in [0.2, 0.25) is 0 Å². The summed E-state index contributed by atoms with van der Waals surface area (Å²) < 4.78 is 16.7. The lowest BCUT2D eigenvalue weighted by Crippen LogP contribution is -2.38. The van der Waals surface area contributed by atoms with Crippen LogP contribution in [0.4, 0.5) is 5.88 Å². The molecule has 7 nitrogen and oxygen atoms in total. The highest BCUT2D eigenvalue weighted by Crippen LogP contribution is 2.33. The average Bonchev–Trinajstić information content (AvgIpc) is 3.17. The Morgan fingerprint density at radius 2 is 1.97 bits per heavy atom. The van der Waals surface area contributed by atoms with E-state index in [0.29, 0.717) is 39.5 Å². The second-order valence-corrected chi connectivity index (χ2v) is 7.33. The molecule has 2 heterocycles. The molecule has 2 aromatic rings. The molecular formula is C22H33N3O4. The first-order valence-corrected chi connectivity index (χ1v) is 10.6. The molecule has 160 valence electrons. The van der Waals surface area contributed by atoms with Gasteiger partial charge in [0, 0.05) is 38.3 Å². The van der Waals surface area contributed by atoms with Crippen LogP contribution in [-0.2, 0) is 16.0 Å². The molecule has 7 heteroatoms. The van der Waals surface area contributed by atoms with Crippen molar-refractivity contribution in [2.24, 2.45) is 0 Å². The van der Waals surface area contributed by atoms with Crippen molar-refractivity contribution in [3.8, 4) is 11.3 Å². The van der Waals surface area contributed by atoms with Crippen molar-refractivity contribution in [2.45, 2.75) is 32.9 Å². The first-order valence-electron chi connectivity index (χ1n) is 10.6. The summed E-state index contributed by atoms with van der Waals surface area (Å²) in [6.07, 6.45) is 0.480. The number of benzene rings is 1. The van der Waals surface area contributed by atoms with Crippen LogP contribution < -0.4 is 4.90 Å². The van der Waals surface area contributed by atoms with E-state index in [0.717, 1.165) is 48.8 Å². The van der Waals surface area contributed by atoms with E-state index in [-0.39, 0.29) is 0 Å². The topological polar surface area (TPSA) is 71.2 Å². The van der Waals surface area contributed by atoms with Gasteiger partial charge in [0.05, 0.1) is 31.5 Å². The number of aliphatic hydroxyl groups excluding tert-OH is 1. The molecule has 0 amide bonds. The SMILES string of the molecule is CCCN(Cc1c(-c2ccccc2)noc1N1CCOCC1)C[C@H](O)COCC. The Bertz CT molecular complexity index is 716. The number of hydrogen-bond acceptors (Lipinski definition) is 7. The summed E-state index contributed by atoms with van der Waals surface area (Å²) in [4.78, 5) is 4.46. The van der Waals surface area contributed by atoms with Gasteiger partial charge in [-0.3, -0.25) is 4.90 Å². The summed E-state index contributed by atoms with van der Waals surface area (Å²) >= 11 is 0. The molecule has 1 aliphatic heterocycles. The van der Waals surface area contributed by atoms with Crippen molar-refractivity contribution in [3.05, 3.63) is 35.9 Å². The van der Waals surface area contributed by atoms with E-state index in [1.165, 1.54) is 0 Å². The number of rotatable bonds is 11. The minimum absolute atomic E-state index is 0.349. The predicted octanol–water partition coefficient (Wildman–Crippen LogP) is 2.79. The molecule has 1 N–H and O–H groups in total. The van der Waals surface area contributed by atoms with E-state index in [9.17, 15) is 5.11 Å². The van der Waals surface area contributed by atoms with Gasteiger partial charge in [0.25, 0.3) is 0 Å². The fraction of sp³-hybridized carbons (Fsp3) is 0.591. The number of morpholine rings is 1. The van der Waals surface area contributed by atoms with Crippen molar-refractivity contribution < 1.29 is 19.1 Å². The molecule has 1 aromatic heterocycles. The van der Waals surface area contributed by atoms with Gasteiger partial charge in [-0.2, -0.15) is 0 Å². The molecule has 3 rings (SSSR count). The summed E-state index contributed by atoms with van der Waals surface area (Å²) in [5, 5.41) is 14.8. The van der Waals surface area contributed by atoms with Crippen LogP contribution in [0.1, 0.15) is 25.8 Å². The zero-order valence-corrected chi connectivity index (χ0v) is 17.5. The summed E-state index contributed by atoms with van der Waals surface area (Å²) in [5.74, 6) is 0.813. The Morgan fingerprint density at radius 1 is 1.21 bits per heavy atom. The molecule has 0 unspecified atom stereocenters. The number of ether oxygens (including phenoxy) is 2. The highest BCUT2D eigenvalue weighted by molar-refractivity contribution is 5.68. The lowest BCUT2D eigenvalue weighted by atomic mass is 10.1. The van der Waals surface area contributed by atoms with Crippen molar-refractivity contribution in [2.75, 3.05) is 57.5 Å². The van der Waals surface area contributed by atoms with Crippen molar-refractivity contribution in [1.82, 2.24) is 10.1 Å². The first-order chi connectivity index (χ1) is 14.2. The summed E-state index contributed by atoms with van der Waals surface area (Å²) in [6.45, 7) is 10.1. The number of hydrogen-bond donors (Lipinski definition) is 1. The van der Waals surface area contributed by atoms with Crippen molar-refractivity contribution >= 4 is 5.88 Å².